The largest absolute Gasteiger partial charge is 0.324 e. The molecule has 0 bridgehead atoms. The van der Waals surface area contributed by atoms with E-state index in [1.807, 2.05) is 32.0 Å². The molecule has 0 saturated heterocycles. The van der Waals surface area contributed by atoms with Crippen LogP contribution in [0.5, 0.6) is 0 Å². The molecule has 0 spiro atoms. The SMILES string of the molecule is CCc1cccc(C)c1NS(=O)(=O)c1ncn(C)c1Cl. The number of para-hydroxylation sites is 1. The Morgan fingerprint density at radius 3 is 2.65 bits per heavy atom. The van der Waals surface area contributed by atoms with E-state index < -0.39 is 10.0 Å². The third kappa shape index (κ3) is 2.66. The van der Waals surface area contributed by atoms with Crippen LogP contribution in [-0.4, -0.2) is 18.0 Å². The second-order valence-electron chi connectivity index (χ2n) is 4.52. The van der Waals surface area contributed by atoms with Gasteiger partial charge in [0.05, 0.1) is 12.0 Å². The van der Waals surface area contributed by atoms with Crippen LogP contribution >= 0.6 is 11.6 Å². The van der Waals surface area contributed by atoms with Crippen molar-refractivity contribution in [2.75, 3.05) is 4.72 Å². The predicted molar refractivity (Wildman–Crippen MR) is 79.6 cm³/mol. The molecular weight excluding hydrogens is 298 g/mol. The molecule has 108 valence electrons. The van der Waals surface area contributed by atoms with Gasteiger partial charge in [0.25, 0.3) is 10.0 Å². The van der Waals surface area contributed by atoms with Gasteiger partial charge in [0.15, 0.2) is 0 Å². The molecule has 0 radical (unpaired) electrons. The average molecular weight is 314 g/mol. The van der Waals surface area contributed by atoms with Crippen molar-refractivity contribution in [3.63, 3.8) is 0 Å². The number of anilines is 1. The Morgan fingerprint density at radius 1 is 1.40 bits per heavy atom. The number of nitrogens with zero attached hydrogens (tertiary/aromatic N) is 2. The Kier molecular flexibility index (Phi) is 4.06. The van der Waals surface area contributed by atoms with Crippen LogP contribution in [0.3, 0.4) is 0 Å². The minimum absolute atomic E-state index is 0.0872. The molecule has 7 heteroatoms. The quantitative estimate of drug-likeness (QED) is 0.944. The Hall–Kier alpha value is -1.53. The Balaban J connectivity index is 2.46. The van der Waals surface area contributed by atoms with Gasteiger partial charge < -0.3 is 4.57 Å². The lowest BCUT2D eigenvalue weighted by atomic mass is 10.1. The summed E-state index contributed by atoms with van der Waals surface area (Å²) in [5, 5.41) is -0.0731. The van der Waals surface area contributed by atoms with Gasteiger partial charge in [0, 0.05) is 7.05 Å². The number of aryl methyl sites for hydroxylation is 3. The highest BCUT2D eigenvalue weighted by Gasteiger charge is 2.23. The van der Waals surface area contributed by atoms with Crippen LogP contribution in [0, 0.1) is 6.92 Å². The lowest BCUT2D eigenvalue weighted by Crippen LogP contribution is -2.16. The third-order valence-electron chi connectivity index (χ3n) is 3.07. The standard InChI is InChI=1S/C13H16ClN3O2S/c1-4-10-7-5-6-9(2)11(10)16-20(18,19)13-12(14)17(3)8-15-13/h5-8,16H,4H2,1-3H3. The molecule has 0 aliphatic rings. The van der Waals surface area contributed by atoms with Crippen molar-refractivity contribution in [3.05, 3.63) is 40.8 Å². The van der Waals surface area contributed by atoms with E-state index in [9.17, 15) is 8.42 Å². The van der Waals surface area contributed by atoms with Crippen LogP contribution in [-0.2, 0) is 23.5 Å². The van der Waals surface area contributed by atoms with Crippen LogP contribution in [0.15, 0.2) is 29.6 Å². The number of nitrogens with one attached hydrogen (secondary N) is 1. The van der Waals surface area contributed by atoms with Crippen LogP contribution in [0.25, 0.3) is 0 Å². The summed E-state index contributed by atoms with van der Waals surface area (Å²) in [5.41, 5.74) is 2.39. The summed E-state index contributed by atoms with van der Waals surface area (Å²) in [4.78, 5) is 3.85. The first-order valence-electron chi connectivity index (χ1n) is 6.15. The van der Waals surface area contributed by atoms with Crippen molar-refractivity contribution in [2.45, 2.75) is 25.3 Å². The summed E-state index contributed by atoms with van der Waals surface area (Å²) in [5.74, 6) is 0. The van der Waals surface area contributed by atoms with E-state index in [2.05, 4.69) is 9.71 Å². The summed E-state index contributed by atoms with van der Waals surface area (Å²) in [6, 6.07) is 5.65. The van der Waals surface area contributed by atoms with Gasteiger partial charge >= 0.3 is 0 Å². The molecule has 0 atom stereocenters. The number of rotatable bonds is 4. The summed E-state index contributed by atoms with van der Waals surface area (Å²) >= 11 is 5.95. The summed E-state index contributed by atoms with van der Waals surface area (Å²) in [6.45, 7) is 3.83. The molecule has 5 nitrogen and oxygen atoms in total. The van der Waals surface area contributed by atoms with Crippen LogP contribution < -0.4 is 4.72 Å². The normalized spacial score (nSPS) is 11.6. The lowest BCUT2D eigenvalue weighted by Gasteiger charge is -2.13. The number of hydrogen-bond acceptors (Lipinski definition) is 3. The predicted octanol–water partition coefficient (Wildman–Crippen LogP) is 2.75. The summed E-state index contributed by atoms with van der Waals surface area (Å²) < 4.78 is 28.8. The van der Waals surface area contributed by atoms with Gasteiger partial charge in [-0.3, -0.25) is 4.72 Å². The van der Waals surface area contributed by atoms with Crippen LogP contribution in [0.1, 0.15) is 18.1 Å². The molecule has 1 aromatic carbocycles. The van der Waals surface area contributed by atoms with Crippen LogP contribution in [0.2, 0.25) is 5.15 Å². The fourth-order valence-corrected chi connectivity index (χ4v) is 3.53. The Bertz CT molecular complexity index is 738. The maximum atomic E-state index is 12.4. The van der Waals surface area contributed by atoms with E-state index in [1.165, 1.54) is 10.9 Å². The Labute approximate surface area is 123 Å². The number of aromatic nitrogens is 2. The fourth-order valence-electron chi connectivity index (χ4n) is 1.93. The molecule has 1 heterocycles. The zero-order valence-corrected chi connectivity index (χ0v) is 13.1. The van der Waals surface area contributed by atoms with Crippen LogP contribution in [0.4, 0.5) is 5.69 Å². The maximum Gasteiger partial charge on any atom is 0.282 e. The number of hydrogen-bond donors (Lipinski definition) is 1. The average Bonchev–Trinajstić information content (AvgIpc) is 2.73. The van der Waals surface area contributed by atoms with E-state index in [0.29, 0.717) is 5.69 Å². The molecule has 0 fully saturated rings. The van der Waals surface area contributed by atoms with Crippen molar-refractivity contribution in [1.82, 2.24) is 9.55 Å². The molecule has 2 rings (SSSR count). The minimum atomic E-state index is -3.79. The van der Waals surface area contributed by atoms with E-state index in [4.69, 9.17) is 11.6 Å². The van der Waals surface area contributed by atoms with Gasteiger partial charge in [-0.2, -0.15) is 8.42 Å². The summed E-state index contributed by atoms with van der Waals surface area (Å²) in [6.07, 6.45) is 2.10. The highest BCUT2D eigenvalue weighted by Crippen LogP contribution is 2.26. The van der Waals surface area contributed by atoms with E-state index in [-0.39, 0.29) is 10.2 Å². The minimum Gasteiger partial charge on any atom is -0.324 e. The lowest BCUT2D eigenvalue weighted by molar-refractivity contribution is 0.598. The van der Waals surface area contributed by atoms with Crippen molar-refractivity contribution in [2.24, 2.45) is 7.05 Å². The fraction of sp³-hybridized carbons (Fsp3) is 0.308. The molecule has 0 saturated carbocycles. The van der Waals surface area contributed by atoms with E-state index in [0.717, 1.165) is 17.5 Å². The molecule has 0 unspecified atom stereocenters. The van der Waals surface area contributed by atoms with E-state index in [1.54, 1.807) is 7.05 Å². The first-order chi connectivity index (χ1) is 9.36. The number of imidazole rings is 1. The van der Waals surface area contributed by atoms with Crippen molar-refractivity contribution in [3.8, 4) is 0 Å². The second-order valence-corrected chi connectivity index (χ2v) is 6.48. The van der Waals surface area contributed by atoms with Gasteiger partial charge in [-0.25, -0.2) is 4.98 Å². The van der Waals surface area contributed by atoms with Crippen molar-refractivity contribution < 1.29 is 8.42 Å². The monoisotopic (exact) mass is 313 g/mol. The third-order valence-corrected chi connectivity index (χ3v) is 4.90. The zero-order valence-electron chi connectivity index (χ0n) is 11.5. The molecule has 0 aliphatic carbocycles. The second kappa shape index (κ2) is 5.46. The number of sulfonamides is 1. The van der Waals surface area contributed by atoms with Gasteiger partial charge in [0.2, 0.25) is 5.03 Å². The number of halogens is 1. The topological polar surface area (TPSA) is 64.0 Å². The van der Waals surface area contributed by atoms with Gasteiger partial charge in [-0.1, -0.05) is 36.7 Å². The Morgan fingerprint density at radius 2 is 2.10 bits per heavy atom. The molecule has 1 N–H and O–H groups in total. The summed E-state index contributed by atoms with van der Waals surface area (Å²) in [7, 11) is -2.15. The first kappa shape index (κ1) is 14.9. The molecule has 1 aromatic heterocycles. The maximum absolute atomic E-state index is 12.4. The van der Waals surface area contributed by atoms with Gasteiger partial charge in [-0.15, -0.1) is 0 Å². The molecular formula is C13H16ClN3O2S. The first-order valence-corrected chi connectivity index (χ1v) is 8.01. The zero-order chi connectivity index (χ0) is 14.9. The molecule has 2 aromatic rings. The van der Waals surface area contributed by atoms with Crippen molar-refractivity contribution >= 4 is 27.3 Å². The molecule has 20 heavy (non-hydrogen) atoms. The highest BCUT2D eigenvalue weighted by atomic mass is 35.5. The molecule has 0 amide bonds. The van der Waals surface area contributed by atoms with Gasteiger partial charge in [0.1, 0.15) is 5.15 Å². The smallest absolute Gasteiger partial charge is 0.282 e. The van der Waals surface area contributed by atoms with E-state index >= 15 is 0 Å². The molecule has 0 aliphatic heterocycles. The highest BCUT2D eigenvalue weighted by molar-refractivity contribution is 7.92. The number of benzene rings is 1. The van der Waals surface area contributed by atoms with Crippen molar-refractivity contribution in [1.29, 1.82) is 0 Å². The van der Waals surface area contributed by atoms with Gasteiger partial charge in [-0.05, 0) is 24.5 Å².